The number of nitrogens with zero attached hydrogens (tertiary/aromatic N) is 1. The maximum atomic E-state index is 12.1. The van der Waals surface area contributed by atoms with Crippen LogP contribution in [0.4, 0.5) is 5.69 Å². The van der Waals surface area contributed by atoms with Gasteiger partial charge in [0.25, 0.3) is 0 Å². The standard InChI is InChI=1S/C16H15ClN2O4/c1-9-5-12(20)6-10(2)19(9)8-15(21)18-11-3-4-14(17)13(7-11)16(22)23/h3-7H,8H2,1-2H3,(H,18,21)(H,22,23). The van der Waals surface area contributed by atoms with Crippen molar-refractivity contribution in [2.75, 3.05) is 5.32 Å². The lowest BCUT2D eigenvalue weighted by Gasteiger charge is -2.14. The third-order valence-electron chi connectivity index (χ3n) is 3.34. The van der Waals surface area contributed by atoms with Gasteiger partial charge in [-0.1, -0.05) is 11.6 Å². The van der Waals surface area contributed by atoms with E-state index in [0.29, 0.717) is 17.1 Å². The summed E-state index contributed by atoms with van der Waals surface area (Å²) in [5.74, 6) is -1.50. The van der Waals surface area contributed by atoms with Crippen molar-refractivity contribution in [1.29, 1.82) is 0 Å². The molecule has 1 amide bonds. The average molecular weight is 335 g/mol. The van der Waals surface area contributed by atoms with Gasteiger partial charge in [-0.05, 0) is 32.0 Å². The molecule has 1 aromatic carbocycles. The van der Waals surface area contributed by atoms with Crippen LogP contribution in [0.3, 0.4) is 0 Å². The zero-order chi connectivity index (χ0) is 17.1. The van der Waals surface area contributed by atoms with Gasteiger partial charge >= 0.3 is 5.97 Å². The topological polar surface area (TPSA) is 88.4 Å². The number of halogens is 1. The molecular weight excluding hydrogens is 320 g/mol. The van der Waals surface area contributed by atoms with Gasteiger partial charge in [-0.2, -0.15) is 0 Å². The number of hydrogen-bond donors (Lipinski definition) is 2. The van der Waals surface area contributed by atoms with E-state index in [9.17, 15) is 14.4 Å². The minimum absolute atomic E-state index is 0.0168. The molecule has 0 radical (unpaired) electrons. The molecule has 0 aliphatic heterocycles. The van der Waals surface area contributed by atoms with Crippen LogP contribution in [0, 0.1) is 13.8 Å². The van der Waals surface area contributed by atoms with E-state index >= 15 is 0 Å². The van der Waals surface area contributed by atoms with Crippen LogP contribution in [0.5, 0.6) is 0 Å². The lowest BCUT2D eigenvalue weighted by atomic mass is 10.2. The van der Waals surface area contributed by atoms with Crippen LogP contribution in [0.1, 0.15) is 21.7 Å². The van der Waals surface area contributed by atoms with Crippen molar-refractivity contribution in [3.8, 4) is 0 Å². The van der Waals surface area contributed by atoms with Crippen molar-refractivity contribution in [2.45, 2.75) is 20.4 Å². The summed E-state index contributed by atoms with van der Waals surface area (Å²) in [6.45, 7) is 3.50. The van der Waals surface area contributed by atoms with Crippen LogP contribution in [0.25, 0.3) is 0 Å². The Labute approximate surface area is 137 Å². The average Bonchev–Trinajstić information content (AvgIpc) is 2.44. The van der Waals surface area contributed by atoms with E-state index in [1.54, 1.807) is 18.4 Å². The fourth-order valence-corrected chi connectivity index (χ4v) is 2.45. The van der Waals surface area contributed by atoms with Crippen LogP contribution >= 0.6 is 11.6 Å². The lowest BCUT2D eigenvalue weighted by Crippen LogP contribution is -2.23. The van der Waals surface area contributed by atoms with Gasteiger partial charge in [0.15, 0.2) is 5.43 Å². The molecule has 23 heavy (non-hydrogen) atoms. The first-order chi connectivity index (χ1) is 10.8. The molecule has 2 aromatic rings. The number of benzene rings is 1. The van der Waals surface area contributed by atoms with Gasteiger partial charge in [0.05, 0.1) is 10.6 Å². The predicted molar refractivity (Wildman–Crippen MR) is 87.2 cm³/mol. The number of aromatic nitrogens is 1. The molecule has 1 heterocycles. The molecule has 7 heteroatoms. The number of hydrogen-bond acceptors (Lipinski definition) is 3. The van der Waals surface area contributed by atoms with Gasteiger partial charge in [0, 0.05) is 29.2 Å². The Morgan fingerprint density at radius 1 is 1.17 bits per heavy atom. The van der Waals surface area contributed by atoms with E-state index in [1.165, 1.54) is 30.3 Å². The molecule has 0 aliphatic rings. The van der Waals surface area contributed by atoms with Crippen molar-refractivity contribution in [1.82, 2.24) is 4.57 Å². The summed E-state index contributed by atoms with van der Waals surface area (Å²) >= 11 is 5.79. The molecule has 1 aromatic heterocycles. The highest BCUT2D eigenvalue weighted by Crippen LogP contribution is 2.20. The SMILES string of the molecule is Cc1cc(=O)cc(C)n1CC(=O)Nc1ccc(Cl)c(C(=O)O)c1. The van der Waals surface area contributed by atoms with Crippen molar-refractivity contribution in [3.05, 3.63) is 62.5 Å². The van der Waals surface area contributed by atoms with Gasteiger partial charge in [0.1, 0.15) is 6.54 Å². The van der Waals surface area contributed by atoms with Gasteiger partial charge in [-0.25, -0.2) is 4.79 Å². The summed E-state index contributed by atoms with van der Waals surface area (Å²) in [6, 6.07) is 7.14. The van der Waals surface area contributed by atoms with Gasteiger partial charge in [-0.3, -0.25) is 9.59 Å². The number of carboxylic acid groups (broad SMARTS) is 1. The summed E-state index contributed by atoms with van der Waals surface area (Å²) < 4.78 is 1.70. The van der Waals surface area contributed by atoms with Crippen LogP contribution < -0.4 is 10.7 Å². The molecule has 2 N–H and O–H groups in total. The summed E-state index contributed by atoms with van der Waals surface area (Å²) in [6.07, 6.45) is 0. The molecule has 0 saturated carbocycles. The Morgan fingerprint density at radius 2 is 1.78 bits per heavy atom. The van der Waals surface area contributed by atoms with E-state index in [1.807, 2.05) is 0 Å². The molecule has 0 saturated heterocycles. The summed E-state index contributed by atoms with van der Waals surface area (Å²) in [4.78, 5) is 34.6. The van der Waals surface area contributed by atoms with Crippen molar-refractivity contribution in [2.24, 2.45) is 0 Å². The molecule has 0 spiro atoms. The maximum Gasteiger partial charge on any atom is 0.337 e. The van der Waals surface area contributed by atoms with Gasteiger partial charge in [-0.15, -0.1) is 0 Å². The number of nitrogens with one attached hydrogen (secondary N) is 1. The van der Waals surface area contributed by atoms with E-state index in [-0.39, 0.29) is 28.5 Å². The molecule has 0 aliphatic carbocycles. The van der Waals surface area contributed by atoms with Gasteiger partial charge < -0.3 is 15.0 Å². The third-order valence-corrected chi connectivity index (χ3v) is 3.67. The number of anilines is 1. The van der Waals surface area contributed by atoms with E-state index < -0.39 is 5.97 Å². The number of aromatic carboxylic acids is 1. The number of aryl methyl sites for hydroxylation is 2. The summed E-state index contributed by atoms with van der Waals surface area (Å²) in [7, 11) is 0. The fraction of sp³-hybridized carbons (Fsp3) is 0.188. The fourth-order valence-electron chi connectivity index (χ4n) is 2.25. The van der Waals surface area contributed by atoms with Crippen LogP contribution in [0.15, 0.2) is 35.1 Å². The van der Waals surface area contributed by atoms with Crippen LogP contribution in [-0.4, -0.2) is 21.6 Å². The molecule has 0 unspecified atom stereocenters. The van der Waals surface area contributed by atoms with E-state index in [2.05, 4.69) is 5.32 Å². The van der Waals surface area contributed by atoms with Crippen molar-refractivity contribution in [3.63, 3.8) is 0 Å². The number of carbonyl (C=O) groups excluding carboxylic acids is 1. The van der Waals surface area contributed by atoms with Crippen LogP contribution in [0.2, 0.25) is 5.02 Å². The number of carboxylic acids is 1. The highest BCUT2D eigenvalue weighted by atomic mass is 35.5. The van der Waals surface area contributed by atoms with Crippen molar-refractivity contribution < 1.29 is 14.7 Å². The van der Waals surface area contributed by atoms with Gasteiger partial charge in [0.2, 0.25) is 5.91 Å². The normalized spacial score (nSPS) is 10.4. The first-order valence-corrected chi connectivity index (χ1v) is 7.16. The molecule has 120 valence electrons. The maximum absolute atomic E-state index is 12.1. The Morgan fingerprint density at radius 3 is 2.35 bits per heavy atom. The second-order valence-electron chi connectivity index (χ2n) is 5.11. The Hall–Kier alpha value is -2.60. The van der Waals surface area contributed by atoms with E-state index in [0.717, 1.165) is 0 Å². The monoisotopic (exact) mass is 334 g/mol. The van der Waals surface area contributed by atoms with Crippen LogP contribution in [-0.2, 0) is 11.3 Å². The molecule has 6 nitrogen and oxygen atoms in total. The second-order valence-corrected chi connectivity index (χ2v) is 5.52. The predicted octanol–water partition coefficient (Wildman–Crippen LogP) is 2.46. The smallest absolute Gasteiger partial charge is 0.337 e. The molecule has 2 rings (SSSR count). The highest BCUT2D eigenvalue weighted by Gasteiger charge is 2.12. The molecule has 0 atom stereocenters. The largest absolute Gasteiger partial charge is 0.478 e. The number of amides is 1. The Bertz CT molecular complexity index is 816. The van der Waals surface area contributed by atoms with Crippen molar-refractivity contribution >= 4 is 29.2 Å². The zero-order valence-corrected chi connectivity index (χ0v) is 13.3. The third kappa shape index (κ3) is 3.98. The first kappa shape index (κ1) is 16.8. The van der Waals surface area contributed by atoms with E-state index in [4.69, 9.17) is 16.7 Å². The minimum atomic E-state index is -1.17. The number of carbonyl (C=O) groups is 2. The highest BCUT2D eigenvalue weighted by molar-refractivity contribution is 6.33. The Balaban J connectivity index is 2.19. The first-order valence-electron chi connectivity index (χ1n) is 6.78. The lowest BCUT2D eigenvalue weighted by molar-refractivity contribution is -0.116. The summed E-state index contributed by atoms with van der Waals surface area (Å²) in [5.41, 5.74) is 1.49. The Kier molecular flexibility index (Phi) is 4.86. The molecule has 0 fully saturated rings. The second kappa shape index (κ2) is 6.66. The number of pyridine rings is 1. The zero-order valence-electron chi connectivity index (χ0n) is 12.6. The minimum Gasteiger partial charge on any atom is -0.478 e. The number of rotatable bonds is 4. The molecular formula is C16H15ClN2O4. The summed E-state index contributed by atoms with van der Waals surface area (Å²) in [5, 5.41) is 11.7. The quantitative estimate of drug-likeness (QED) is 0.899. The molecule has 0 bridgehead atoms.